The van der Waals surface area contributed by atoms with Crippen molar-refractivity contribution in [1.82, 2.24) is 0 Å². The van der Waals surface area contributed by atoms with E-state index in [1.54, 1.807) is 13.2 Å². The van der Waals surface area contributed by atoms with Gasteiger partial charge >= 0.3 is 0 Å². The first-order chi connectivity index (χ1) is 10.1. The van der Waals surface area contributed by atoms with Crippen LogP contribution in [0.25, 0.3) is 0 Å². The zero-order valence-electron chi connectivity index (χ0n) is 11.6. The van der Waals surface area contributed by atoms with Crippen LogP contribution in [0.3, 0.4) is 0 Å². The highest BCUT2D eigenvalue weighted by atomic mass is 79.9. The van der Waals surface area contributed by atoms with E-state index in [1.807, 2.05) is 36.4 Å². The van der Waals surface area contributed by atoms with Gasteiger partial charge in [-0.1, -0.05) is 41.9 Å². The molecule has 0 aromatic heterocycles. The van der Waals surface area contributed by atoms with Crippen molar-refractivity contribution in [3.05, 3.63) is 63.1 Å². The van der Waals surface area contributed by atoms with Gasteiger partial charge in [0.1, 0.15) is 5.75 Å². The Morgan fingerprint density at radius 3 is 2.52 bits per heavy atom. The van der Waals surface area contributed by atoms with E-state index >= 15 is 0 Å². The van der Waals surface area contributed by atoms with Crippen molar-refractivity contribution in [1.29, 1.82) is 0 Å². The molecule has 0 amide bonds. The normalized spacial score (nSPS) is 13.8. The molecule has 2 unspecified atom stereocenters. The van der Waals surface area contributed by atoms with Gasteiger partial charge in [-0.15, -0.1) is 0 Å². The van der Waals surface area contributed by atoms with E-state index in [2.05, 4.69) is 15.9 Å². The number of hydrogen-bond donors (Lipinski definition) is 2. The highest BCUT2D eigenvalue weighted by molar-refractivity contribution is 9.10. The van der Waals surface area contributed by atoms with Gasteiger partial charge in [-0.2, -0.15) is 0 Å². The third kappa shape index (κ3) is 3.40. The van der Waals surface area contributed by atoms with E-state index < -0.39 is 6.10 Å². The summed E-state index contributed by atoms with van der Waals surface area (Å²) in [5.74, 6) is 0.408. The number of ether oxygens (including phenoxy) is 1. The highest BCUT2D eigenvalue weighted by Gasteiger charge is 2.26. The van der Waals surface area contributed by atoms with Crippen LogP contribution in [-0.2, 0) is 0 Å². The number of nitrogens with two attached hydrogens (primary N) is 1. The van der Waals surface area contributed by atoms with Crippen molar-refractivity contribution in [3.63, 3.8) is 0 Å². The van der Waals surface area contributed by atoms with Gasteiger partial charge in [0.15, 0.2) is 0 Å². The molecule has 3 nitrogen and oxygen atoms in total. The van der Waals surface area contributed by atoms with Gasteiger partial charge in [-0.05, 0) is 28.1 Å². The lowest BCUT2D eigenvalue weighted by molar-refractivity contribution is 0.146. The van der Waals surface area contributed by atoms with E-state index in [9.17, 15) is 5.11 Å². The maximum Gasteiger partial charge on any atom is 0.122 e. The third-order valence-corrected chi connectivity index (χ3v) is 4.78. The molecule has 0 saturated carbocycles. The summed E-state index contributed by atoms with van der Waals surface area (Å²) in [7, 11) is 1.60. The number of benzene rings is 2. The minimum atomic E-state index is -0.809. The van der Waals surface area contributed by atoms with Gasteiger partial charge in [-0.3, -0.25) is 0 Å². The second-order valence-electron chi connectivity index (χ2n) is 4.67. The van der Waals surface area contributed by atoms with Gasteiger partial charge < -0.3 is 15.6 Å². The molecule has 0 bridgehead atoms. The largest absolute Gasteiger partial charge is 0.496 e. The number of hydrogen-bond acceptors (Lipinski definition) is 3. The summed E-state index contributed by atoms with van der Waals surface area (Å²) in [6, 6.07) is 13.0. The average molecular weight is 371 g/mol. The summed E-state index contributed by atoms with van der Waals surface area (Å²) < 4.78 is 6.11. The quantitative estimate of drug-likeness (QED) is 0.839. The van der Waals surface area contributed by atoms with Crippen LogP contribution in [0, 0.1) is 0 Å². The molecule has 0 spiro atoms. The second kappa shape index (κ2) is 7.27. The number of halogens is 2. The Bertz CT molecular complexity index is 621. The molecule has 3 N–H and O–H groups in total. The van der Waals surface area contributed by atoms with E-state index in [1.165, 1.54) is 0 Å². The van der Waals surface area contributed by atoms with Crippen molar-refractivity contribution in [2.24, 2.45) is 5.73 Å². The lowest BCUT2D eigenvalue weighted by Crippen LogP contribution is -2.21. The van der Waals surface area contributed by atoms with Crippen LogP contribution in [0.4, 0.5) is 0 Å². The highest BCUT2D eigenvalue weighted by Crippen LogP contribution is 2.39. The fourth-order valence-corrected chi connectivity index (χ4v) is 2.98. The maximum absolute atomic E-state index is 10.7. The Morgan fingerprint density at radius 1 is 1.19 bits per heavy atom. The van der Waals surface area contributed by atoms with Gasteiger partial charge in [0.05, 0.1) is 18.2 Å². The van der Waals surface area contributed by atoms with E-state index in [-0.39, 0.29) is 12.5 Å². The molecule has 2 aromatic rings. The molecule has 2 rings (SSSR count). The molecule has 0 aliphatic heterocycles. The fourth-order valence-electron chi connectivity index (χ4n) is 2.36. The van der Waals surface area contributed by atoms with Crippen LogP contribution in [0.15, 0.2) is 46.9 Å². The van der Waals surface area contributed by atoms with Crippen molar-refractivity contribution in [2.75, 3.05) is 13.7 Å². The number of methoxy groups -OCH3 is 1. The molecule has 0 fully saturated rings. The molecule has 2 aromatic carbocycles. The molecule has 0 heterocycles. The predicted octanol–water partition coefficient (Wildman–Crippen LogP) is 3.89. The molecular weight excluding hydrogens is 354 g/mol. The average Bonchev–Trinajstić information content (AvgIpc) is 2.51. The molecule has 0 radical (unpaired) electrons. The monoisotopic (exact) mass is 369 g/mol. The van der Waals surface area contributed by atoms with Crippen molar-refractivity contribution >= 4 is 27.5 Å². The molecule has 21 heavy (non-hydrogen) atoms. The van der Waals surface area contributed by atoms with Gasteiger partial charge in [-0.25, -0.2) is 0 Å². The zero-order valence-corrected chi connectivity index (χ0v) is 13.9. The molecule has 5 heteroatoms. The van der Waals surface area contributed by atoms with Crippen LogP contribution < -0.4 is 10.5 Å². The predicted molar refractivity (Wildman–Crippen MR) is 88.9 cm³/mol. The SMILES string of the molecule is COc1ccccc1C(CN)C(O)c1cccc(Br)c1Cl. The maximum atomic E-state index is 10.7. The summed E-state index contributed by atoms with van der Waals surface area (Å²) in [4.78, 5) is 0. The van der Waals surface area contributed by atoms with E-state index in [0.717, 1.165) is 10.0 Å². The van der Waals surface area contributed by atoms with E-state index in [0.29, 0.717) is 16.3 Å². The van der Waals surface area contributed by atoms with Crippen molar-refractivity contribution in [3.8, 4) is 5.75 Å². The van der Waals surface area contributed by atoms with Crippen LogP contribution in [0.2, 0.25) is 5.02 Å². The summed E-state index contributed by atoms with van der Waals surface area (Å²) in [5.41, 5.74) is 7.40. The van der Waals surface area contributed by atoms with Gasteiger partial charge in [0, 0.05) is 28.1 Å². The number of para-hydroxylation sites is 1. The molecule has 0 aliphatic carbocycles. The summed E-state index contributed by atoms with van der Waals surface area (Å²) >= 11 is 9.64. The molecule has 0 aliphatic rings. The molecular formula is C16H17BrClNO2. The third-order valence-electron chi connectivity index (χ3n) is 3.47. The topological polar surface area (TPSA) is 55.5 Å². The van der Waals surface area contributed by atoms with Crippen LogP contribution in [0.5, 0.6) is 5.75 Å². The molecule has 2 atom stereocenters. The second-order valence-corrected chi connectivity index (χ2v) is 5.90. The Balaban J connectivity index is 2.43. The van der Waals surface area contributed by atoms with Crippen molar-refractivity contribution < 1.29 is 9.84 Å². The smallest absolute Gasteiger partial charge is 0.122 e. The van der Waals surface area contributed by atoms with Crippen molar-refractivity contribution in [2.45, 2.75) is 12.0 Å². The Kier molecular flexibility index (Phi) is 5.65. The molecule has 0 saturated heterocycles. The summed E-state index contributed by atoms with van der Waals surface area (Å²) in [6.45, 7) is 0.282. The lowest BCUT2D eigenvalue weighted by Gasteiger charge is -2.25. The van der Waals surface area contributed by atoms with Gasteiger partial charge in [0.2, 0.25) is 0 Å². The van der Waals surface area contributed by atoms with Crippen LogP contribution in [-0.4, -0.2) is 18.8 Å². The zero-order chi connectivity index (χ0) is 15.4. The number of rotatable bonds is 5. The number of aliphatic hydroxyl groups is 1. The number of aliphatic hydroxyl groups excluding tert-OH is 1. The standard InChI is InChI=1S/C16H17BrClNO2/c1-21-14-8-3-2-5-10(14)12(9-19)16(20)11-6-4-7-13(17)15(11)18/h2-8,12,16,20H,9,19H2,1H3. The first-order valence-corrected chi connectivity index (χ1v) is 7.72. The minimum Gasteiger partial charge on any atom is -0.496 e. The molecule has 112 valence electrons. The first kappa shape index (κ1) is 16.3. The first-order valence-electron chi connectivity index (χ1n) is 6.55. The minimum absolute atomic E-state index is 0.282. The Labute approximate surface area is 137 Å². The summed E-state index contributed by atoms with van der Waals surface area (Å²) in [6.07, 6.45) is -0.809. The Morgan fingerprint density at radius 2 is 1.86 bits per heavy atom. The van der Waals surface area contributed by atoms with E-state index in [4.69, 9.17) is 22.1 Å². The Hall–Kier alpha value is -1.07. The van der Waals surface area contributed by atoms with Gasteiger partial charge in [0.25, 0.3) is 0 Å². The lowest BCUT2D eigenvalue weighted by atomic mass is 9.88. The summed E-state index contributed by atoms with van der Waals surface area (Å²) in [5, 5.41) is 11.2. The fraction of sp³-hybridized carbons (Fsp3) is 0.250. The van der Waals surface area contributed by atoms with Crippen LogP contribution in [0.1, 0.15) is 23.1 Å². The van der Waals surface area contributed by atoms with Crippen LogP contribution >= 0.6 is 27.5 Å².